The van der Waals surface area contributed by atoms with Crippen LogP contribution < -0.4 is 16.0 Å². The fourth-order valence-corrected chi connectivity index (χ4v) is 2.78. The van der Waals surface area contributed by atoms with Gasteiger partial charge in [0, 0.05) is 45.9 Å². The van der Waals surface area contributed by atoms with Gasteiger partial charge >= 0.3 is 0 Å². The molecule has 146 valence electrons. The van der Waals surface area contributed by atoms with Crippen LogP contribution in [0.4, 0.5) is 0 Å². The molecule has 1 saturated heterocycles. The van der Waals surface area contributed by atoms with Crippen molar-refractivity contribution in [3.05, 3.63) is 0 Å². The smallest absolute Gasteiger partial charge is 0.227 e. The van der Waals surface area contributed by atoms with Gasteiger partial charge in [-0.1, -0.05) is 0 Å². The number of amides is 1. The summed E-state index contributed by atoms with van der Waals surface area (Å²) in [6, 6.07) is 0.421. The van der Waals surface area contributed by atoms with Crippen LogP contribution in [0, 0.1) is 5.41 Å². The van der Waals surface area contributed by atoms with Crippen molar-refractivity contribution in [3.63, 3.8) is 0 Å². The molecule has 1 amide bonds. The summed E-state index contributed by atoms with van der Waals surface area (Å²) in [5.74, 6) is 0.844. The molecule has 1 heterocycles. The van der Waals surface area contributed by atoms with Crippen LogP contribution in [-0.4, -0.2) is 75.8 Å². The number of aliphatic imine (C=N–C) groups is 1. The van der Waals surface area contributed by atoms with Crippen molar-refractivity contribution in [2.24, 2.45) is 10.4 Å². The van der Waals surface area contributed by atoms with Gasteiger partial charge in [-0.05, 0) is 40.5 Å². The number of carbonyl (C=O) groups excluding carboxylic acids is 1. The van der Waals surface area contributed by atoms with Crippen LogP contribution in [0.2, 0.25) is 0 Å². The standard InChI is InChI=1S/C18H37N5O2/c1-6-19-16(24)18(3,4)14-21-17(20-7-2)22-15-8-10-23(11-9-15)12-13-25-5/h15H,6-14H2,1-5H3,(H,19,24)(H2,20,21,22). The van der Waals surface area contributed by atoms with Crippen molar-refractivity contribution in [1.29, 1.82) is 0 Å². The number of methoxy groups -OCH3 is 1. The fourth-order valence-electron chi connectivity index (χ4n) is 2.78. The summed E-state index contributed by atoms with van der Waals surface area (Å²) in [5, 5.41) is 9.70. The molecule has 0 bridgehead atoms. The molecule has 1 rings (SSSR count). The first kappa shape index (κ1) is 21.7. The number of piperidine rings is 1. The molecule has 0 aromatic heterocycles. The van der Waals surface area contributed by atoms with E-state index in [9.17, 15) is 4.79 Å². The molecule has 1 fully saturated rings. The Kier molecular flexibility index (Phi) is 9.82. The van der Waals surface area contributed by atoms with Gasteiger partial charge in [0.2, 0.25) is 5.91 Å². The molecule has 1 aliphatic heterocycles. The summed E-state index contributed by atoms with van der Waals surface area (Å²) in [6.07, 6.45) is 2.18. The van der Waals surface area contributed by atoms with Gasteiger partial charge in [0.15, 0.2) is 5.96 Å². The van der Waals surface area contributed by atoms with E-state index < -0.39 is 5.41 Å². The van der Waals surface area contributed by atoms with Gasteiger partial charge in [-0.2, -0.15) is 0 Å². The molecular weight excluding hydrogens is 318 g/mol. The highest BCUT2D eigenvalue weighted by Crippen LogP contribution is 2.16. The number of guanidine groups is 1. The third kappa shape index (κ3) is 8.05. The normalized spacial score (nSPS) is 17.4. The molecule has 0 spiro atoms. The van der Waals surface area contributed by atoms with Crippen molar-refractivity contribution < 1.29 is 9.53 Å². The molecule has 1 aliphatic rings. The number of likely N-dealkylation sites (tertiary alicyclic amines) is 1. The number of hydrogen-bond acceptors (Lipinski definition) is 4. The third-order valence-electron chi connectivity index (χ3n) is 4.47. The third-order valence-corrected chi connectivity index (χ3v) is 4.47. The van der Waals surface area contributed by atoms with E-state index in [2.05, 4.69) is 32.8 Å². The fraction of sp³-hybridized carbons (Fsp3) is 0.889. The predicted octanol–water partition coefficient (Wildman–Crippen LogP) is 0.815. The molecule has 0 saturated carbocycles. The lowest BCUT2D eigenvalue weighted by molar-refractivity contribution is -0.128. The van der Waals surface area contributed by atoms with E-state index in [0.29, 0.717) is 19.1 Å². The Morgan fingerprint density at radius 3 is 2.40 bits per heavy atom. The molecule has 25 heavy (non-hydrogen) atoms. The number of ether oxygens (including phenoxy) is 1. The van der Waals surface area contributed by atoms with E-state index >= 15 is 0 Å². The van der Waals surface area contributed by atoms with Crippen LogP contribution in [0.1, 0.15) is 40.5 Å². The Hall–Kier alpha value is -1.34. The zero-order valence-electron chi connectivity index (χ0n) is 16.7. The maximum absolute atomic E-state index is 12.1. The molecule has 7 nitrogen and oxygen atoms in total. The molecule has 0 radical (unpaired) electrons. The predicted molar refractivity (Wildman–Crippen MR) is 103 cm³/mol. The zero-order chi connectivity index (χ0) is 18.7. The average Bonchev–Trinajstić information content (AvgIpc) is 2.59. The highest BCUT2D eigenvalue weighted by molar-refractivity contribution is 5.83. The highest BCUT2D eigenvalue weighted by Gasteiger charge is 2.27. The second-order valence-electron chi connectivity index (χ2n) is 7.19. The van der Waals surface area contributed by atoms with Crippen molar-refractivity contribution in [3.8, 4) is 0 Å². The Morgan fingerprint density at radius 1 is 1.20 bits per heavy atom. The number of rotatable bonds is 9. The van der Waals surface area contributed by atoms with Crippen LogP contribution >= 0.6 is 0 Å². The minimum absolute atomic E-state index is 0.0426. The minimum Gasteiger partial charge on any atom is -0.383 e. The molecule has 0 aromatic carbocycles. The summed E-state index contributed by atoms with van der Waals surface area (Å²) in [4.78, 5) is 19.2. The van der Waals surface area contributed by atoms with E-state index in [4.69, 9.17) is 4.74 Å². The summed E-state index contributed by atoms with van der Waals surface area (Å²) >= 11 is 0. The monoisotopic (exact) mass is 355 g/mol. The number of nitrogens with zero attached hydrogens (tertiary/aromatic N) is 2. The van der Waals surface area contributed by atoms with Gasteiger partial charge in [-0.15, -0.1) is 0 Å². The maximum Gasteiger partial charge on any atom is 0.227 e. The number of hydrogen-bond donors (Lipinski definition) is 3. The Balaban J connectivity index is 2.52. The molecular formula is C18H37N5O2. The Bertz CT molecular complexity index is 418. The quantitative estimate of drug-likeness (QED) is 0.421. The Morgan fingerprint density at radius 2 is 1.84 bits per heavy atom. The van der Waals surface area contributed by atoms with Gasteiger partial charge in [0.05, 0.1) is 18.6 Å². The first-order valence-electron chi connectivity index (χ1n) is 9.47. The molecule has 3 N–H and O–H groups in total. The van der Waals surface area contributed by atoms with Gasteiger partial charge in [0.1, 0.15) is 0 Å². The number of carbonyl (C=O) groups is 1. The van der Waals surface area contributed by atoms with Crippen molar-refractivity contribution in [1.82, 2.24) is 20.9 Å². The van der Waals surface area contributed by atoms with Crippen molar-refractivity contribution >= 4 is 11.9 Å². The topological polar surface area (TPSA) is 78.0 Å². The van der Waals surface area contributed by atoms with Crippen LogP contribution in [0.5, 0.6) is 0 Å². The van der Waals surface area contributed by atoms with Crippen molar-refractivity contribution in [2.45, 2.75) is 46.6 Å². The lowest BCUT2D eigenvalue weighted by atomic mass is 9.92. The van der Waals surface area contributed by atoms with E-state index in [1.807, 2.05) is 20.8 Å². The van der Waals surface area contributed by atoms with E-state index in [0.717, 1.165) is 51.6 Å². The van der Waals surface area contributed by atoms with Crippen molar-refractivity contribution in [2.75, 3.05) is 53.0 Å². The van der Waals surface area contributed by atoms with Crippen LogP contribution in [0.15, 0.2) is 4.99 Å². The SMILES string of the molecule is CCNC(=O)C(C)(C)CN=C(NCC)NC1CCN(CCOC)CC1. The van der Waals surface area contributed by atoms with Crippen LogP contribution in [-0.2, 0) is 9.53 Å². The summed E-state index contributed by atoms with van der Waals surface area (Å²) in [7, 11) is 1.75. The lowest BCUT2D eigenvalue weighted by Gasteiger charge is -2.33. The van der Waals surface area contributed by atoms with Gasteiger partial charge in [-0.3, -0.25) is 9.79 Å². The maximum atomic E-state index is 12.1. The first-order chi connectivity index (χ1) is 11.9. The molecule has 0 aromatic rings. The summed E-state index contributed by atoms with van der Waals surface area (Å²) in [5.41, 5.74) is -0.512. The zero-order valence-corrected chi connectivity index (χ0v) is 16.7. The summed E-state index contributed by atoms with van der Waals surface area (Å²) < 4.78 is 5.15. The highest BCUT2D eigenvalue weighted by atomic mass is 16.5. The second kappa shape index (κ2) is 11.3. The van der Waals surface area contributed by atoms with Gasteiger partial charge in [-0.25, -0.2) is 0 Å². The Labute approximate surface area is 153 Å². The van der Waals surface area contributed by atoms with E-state index in [-0.39, 0.29) is 5.91 Å². The van der Waals surface area contributed by atoms with E-state index in [1.165, 1.54) is 0 Å². The van der Waals surface area contributed by atoms with Gasteiger partial charge in [0.25, 0.3) is 0 Å². The van der Waals surface area contributed by atoms with Gasteiger partial charge < -0.3 is 25.6 Å². The molecule has 0 atom stereocenters. The minimum atomic E-state index is -0.512. The lowest BCUT2D eigenvalue weighted by Crippen LogP contribution is -2.49. The summed E-state index contributed by atoms with van der Waals surface area (Å²) in [6.45, 7) is 13.7. The first-order valence-corrected chi connectivity index (χ1v) is 9.47. The molecule has 0 aliphatic carbocycles. The largest absolute Gasteiger partial charge is 0.383 e. The molecule has 0 unspecified atom stereocenters. The van der Waals surface area contributed by atoms with Crippen LogP contribution in [0.3, 0.4) is 0 Å². The second-order valence-corrected chi connectivity index (χ2v) is 7.19. The molecule has 7 heteroatoms. The van der Waals surface area contributed by atoms with E-state index in [1.54, 1.807) is 7.11 Å². The van der Waals surface area contributed by atoms with Crippen LogP contribution in [0.25, 0.3) is 0 Å². The number of nitrogens with one attached hydrogen (secondary N) is 3. The average molecular weight is 356 g/mol.